The van der Waals surface area contributed by atoms with E-state index in [1.165, 1.54) is 42.1 Å². The summed E-state index contributed by atoms with van der Waals surface area (Å²) in [5.74, 6) is -1.19. The number of rotatable bonds is 6. The van der Waals surface area contributed by atoms with Crippen LogP contribution < -0.4 is 11.1 Å². The number of hydrogen-bond acceptors (Lipinski definition) is 3. The van der Waals surface area contributed by atoms with Gasteiger partial charge in [0.25, 0.3) is 0 Å². The minimum absolute atomic E-state index is 0.00856. The summed E-state index contributed by atoms with van der Waals surface area (Å²) in [7, 11) is 0. The second-order valence-corrected chi connectivity index (χ2v) is 6.17. The SMILES string of the molecule is NC(=O)CSc1ccccc1NC(=O)C=Cc1ccc(F)c(Cl)c1. The van der Waals surface area contributed by atoms with Crippen molar-refractivity contribution in [2.75, 3.05) is 11.1 Å². The van der Waals surface area contributed by atoms with Crippen molar-refractivity contribution in [3.63, 3.8) is 0 Å². The second-order valence-electron chi connectivity index (χ2n) is 4.75. The van der Waals surface area contributed by atoms with E-state index in [0.29, 0.717) is 11.3 Å². The van der Waals surface area contributed by atoms with Crippen LogP contribution in [0.15, 0.2) is 53.4 Å². The van der Waals surface area contributed by atoms with E-state index < -0.39 is 11.7 Å². The summed E-state index contributed by atoms with van der Waals surface area (Å²) >= 11 is 6.93. The van der Waals surface area contributed by atoms with Gasteiger partial charge in [0.1, 0.15) is 5.82 Å². The van der Waals surface area contributed by atoms with Gasteiger partial charge in [-0.2, -0.15) is 0 Å². The quantitative estimate of drug-likeness (QED) is 0.606. The average Bonchev–Trinajstić information content (AvgIpc) is 2.55. The number of nitrogens with two attached hydrogens (primary N) is 1. The fraction of sp³-hybridized carbons (Fsp3) is 0.0588. The Hall–Kier alpha value is -2.31. The maximum Gasteiger partial charge on any atom is 0.248 e. The lowest BCUT2D eigenvalue weighted by atomic mass is 10.2. The van der Waals surface area contributed by atoms with Crippen molar-refractivity contribution in [3.05, 3.63) is 64.9 Å². The Morgan fingerprint density at radius 2 is 2.00 bits per heavy atom. The first kappa shape index (κ1) is 18.0. The molecular weight excluding hydrogens is 351 g/mol. The summed E-state index contributed by atoms with van der Waals surface area (Å²) in [6.45, 7) is 0. The summed E-state index contributed by atoms with van der Waals surface area (Å²) in [6, 6.07) is 11.3. The number of hydrogen-bond donors (Lipinski definition) is 2. The number of nitrogens with one attached hydrogen (secondary N) is 1. The molecule has 124 valence electrons. The van der Waals surface area contributed by atoms with E-state index >= 15 is 0 Å². The summed E-state index contributed by atoms with van der Waals surface area (Å²) in [5.41, 5.74) is 6.31. The largest absolute Gasteiger partial charge is 0.369 e. The first-order valence-corrected chi connectivity index (χ1v) is 8.26. The molecule has 0 aromatic heterocycles. The van der Waals surface area contributed by atoms with E-state index in [0.717, 1.165) is 4.90 Å². The zero-order valence-corrected chi connectivity index (χ0v) is 14.0. The number of anilines is 1. The van der Waals surface area contributed by atoms with E-state index in [1.807, 2.05) is 0 Å². The third-order valence-electron chi connectivity index (χ3n) is 2.89. The molecule has 2 aromatic carbocycles. The van der Waals surface area contributed by atoms with Crippen molar-refractivity contribution in [2.24, 2.45) is 5.73 Å². The molecular formula is C17H14ClFN2O2S. The molecule has 0 atom stereocenters. The number of thioether (sulfide) groups is 1. The van der Waals surface area contributed by atoms with Gasteiger partial charge in [0.15, 0.2) is 0 Å². The van der Waals surface area contributed by atoms with Gasteiger partial charge in [-0.3, -0.25) is 9.59 Å². The molecule has 4 nitrogen and oxygen atoms in total. The van der Waals surface area contributed by atoms with Crippen molar-refractivity contribution >= 4 is 46.9 Å². The maximum absolute atomic E-state index is 13.1. The van der Waals surface area contributed by atoms with Crippen molar-refractivity contribution in [3.8, 4) is 0 Å². The van der Waals surface area contributed by atoms with E-state index in [-0.39, 0.29) is 16.7 Å². The van der Waals surface area contributed by atoms with Crippen LogP contribution in [-0.2, 0) is 9.59 Å². The predicted molar refractivity (Wildman–Crippen MR) is 95.4 cm³/mol. The highest BCUT2D eigenvalue weighted by atomic mass is 35.5. The van der Waals surface area contributed by atoms with Crippen molar-refractivity contribution in [2.45, 2.75) is 4.90 Å². The molecule has 2 rings (SSSR count). The van der Waals surface area contributed by atoms with Crippen molar-refractivity contribution in [1.29, 1.82) is 0 Å². The summed E-state index contributed by atoms with van der Waals surface area (Å²) in [4.78, 5) is 23.6. The van der Waals surface area contributed by atoms with Gasteiger partial charge in [0.2, 0.25) is 11.8 Å². The van der Waals surface area contributed by atoms with Crippen LogP contribution in [0.2, 0.25) is 5.02 Å². The van der Waals surface area contributed by atoms with Crippen LogP contribution in [0.25, 0.3) is 6.08 Å². The lowest BCUT2D eigenvalue weighted by Gasteiger charge is -2.08. The third kappa shape index (κ3) is 5.40. The minimum atomic E-state index is -0.515. The van der Waals surface area contributed by atoms with Gasteiger partial charge >= 0.3 is 0 Å². The Morgan fingerprint density at radius 3 is 2.71 bits per heavy atom. The van der Waals surface area contributed by atoms with Gasteiger partial charge in [0.05, 0.1) is 16.5 Å². The topological polar surface area (TPSA) is 72.2 Å². The summed E-state index contributed by atoms with van der Waals surface area (Å²) in [5, 5.41) is 2.72. The molecule has 0 saturated heterocycles. The molecule has 0 heterocycles. The van der Waals surface area contributed by atoms with Crippen LogP contribution in [0.5, 0.6) is 0 Å². The molecule has 0 bridgehead atoms. The monoisotopic (exact) mass is 364 g/mol. The van der Waals surface area contributed by atoms with Gasteiger partial charge in [0, 0.05) is 11.0 Å². The molecule has 0 saturated carbocycles. The summed E-state index contributed by atoms with van der Waals surface area (Å²) in [6.07, 6.45) is 2.85. The molecule has 7 heteroatoms. The zero-order chi connectivity index (χ0) is 17.5. The number of benzene rings is 2. The van der Waals surface area contributed by atoms with E-state index in [4.69, 9.17) is 17.3 Å². The smallest absolute Gasteiger partial charge is 0.248 e. The molecule has 0 aliphatic rings. The maximum atomic E-state index is 13.1. The molecule has 2 aromatic rings. The fourth-order valence-corrected chi connectivity index (χ4v) is 2.74. The lowest BCUT2D eigenvalue weighted by molar-refractivity contribution is -0.115. The number of carbonyl (C=O) groups excluding carboxylic acids is 2. The number of amides is 2. The first-order chi connectivity index (χ1) is 11.5. The molecule has 0 unspecified atom stereocenters. The van der Waals surface area contributed by atoms with E-state index in [9.17, 15) is 14.0 Å². The fourth-order valence-electron chi connectivity index (χ4n) is 1.81. The van der Waals surface area contributed by atoms with Crippen LogP contribution >= 0.6 is 23.4 Å². The van der Waals surface area contributed by atoms with Gasteiger partial charge in [-0.1, -0.05) is 29.8 Å². The number of primary amides is 1. The number of para-hydroxylation sites is 1. The molecule has 0 spiro atoms. The second kappa shape index (κ2) is 8.52. The highest BCUT2D eigenvalue weighted by molar-refractivity contribution is 8.00. The first-order valence-electron chi connectivity index (χ1n) is 6.90. The standard InChI is InChI=1S/C17H14ClFN2O2S/c18-12-9-11(5-7-13(12)19)6-8-17(23)21-14-3-1-2-4-15(14)24-10-16(20)22/h1-9H,10H2,(H2,20,22)(H,21,23). The zero-order valence-electron chi connectivity index (χ0n) is 12.5. The van der Waals surface area contributed by atoms with Crippen LogP contribution in [0, 0.1) is 5.82 Å². The van der Waals surface area contributed by atoms with Crippen molar-refractivity contribution in [1.82, 2.24) is 0 Å². The van der Waals surface area contributed by atoms with Gasteiger partial charge in [-0.25, -0.2) is 4.39 Å². The molecule has 0 fully saturated rings. The van der Waals surface area contributed by atoms with Gasteiger partial charge in [-0.15, -0.1) is 11.8 Å². The van der Waals surface area contributed by atoms with Crippen LogP contribution in [0.3, 0.4) is 0 Å². The molecule has 2 amide bonds. The predicted octanol–water partition coefficient (Wildman–Crippen LogP) is 3.71. The normalized spacial score (nSPS) is 10.8. The Morgan fingerprint density at radius 1 is 1.25 bits per heavy atom. The van der Waals surface area contributed by atoms with Crippen molar-refractivity contribution < 1.29 is 14.0 Å². The third-order valence-corrected chi connectivity index (χ3v) is 4.27. The van der Waals surface area contributed by atoms with E-state index in [2.05, 4.69) is 5.32 Å². The highest BCUT2D eigenvalue weighted by Gasteiger charge is 2.06. The highest BCUT2D eigenvalue weighted by Crippen LogP contribution is 2.26. The number of halogens is 2. The average molecular weight is 365 g/mol. The lowest BCUT2D eigenvalue weighted by Crippen LogP contribution is -2.13. The summed E-state index contributed by atoms with van der Waals surface area (Å²) < 4.78 is 13.1. The molecule has 0 aliphatic carbocycles. The minimum Gasteiger partial charge on any atom is -0.369 e. The Labute approximate surface area is 147 Å². The van der Waals surface area contributed by atoms with Gasteiger partial charge in [-0.05, 0) is 35.9 Å². The molecule has 24 heavy (non-hydrogen) atoms. The van der Waals surface area contributed by atoms with Gasteiger partial charge < -0.3 is 11.1 Å². The van der Waals surface area contributed by atoms with Crippen LogP contribution in [-0.4, -0.2) is 17.6 Å². The molecule has 3 N–H and O–H groups in total. The van der Waals surface area contributed by atoms with E-state index in [1.54, 1.807) is 24.3 Å². The Bertz CT molecular complexity index is 796. The van der Waals surface area contributed by atoms with Crippen LogP contribution in [0.1, 0.15) is 5.56 Å². The molecule has 0 aliphatic heterocycles. The molecule has 0 radical (unpaired) electrons. The van der Waals surface area contributed by atoms with Crippen LogP contribution in [0.4, 0.5) is 10.1 Å². The number of carbonyl (C=O) groups is 2. The Kier molecular flexibility index (Phi) is 6.40. The Balaban J connectivity index is 2.05.